The Kier molecular flexibility index (Phi) is 7.57. The third kappa shape index (κ3) is 5.57. The highest BCUT2D eigenvalue weighted by atomic mass is 16.5. The summed E-state index contributed by atoms with van der Waals surface area (Å²) in [6.45, 7) is 8.25. The topological polar surface area (TPSA) is 79.0 Å². The van der Waals surface area contributed by atoms with Gasteiger partial charge in [-0.25, -0.2) is 0 Å². The highest BCUT2D eigenvalue weighted by molar-refractivity contribution is 5.78. The lowest BCUT2D eigenvalue weighted by Crippen LogP contribution is -2.47. The number of nitrogens with two attached hydrogens (primary N) is 1. The van der Waals surface area contributed by atoms with E-state index < -0.39 is 6.10 Å². The first-order valence-electron chi connectivity index (χ1n) is 11.0. The summed E-state index contributed by atoms with van der Waals surface area (Å²) in [4.78, 5) is 16.8. The number of aliphatic hydroxyl groups is 1. The number of nitrogen functional groups attached to an aromatic ring is 1. The number of carbonyl (C=O) groups excluding carboxylic acids is 1. The number of ether oxygens (including phenoxy) is 1. The Labute approximate surface area is 185 Å². The van der Waals surface area contributed by atoms with Crippen LogP contribution in [0.3, 0.4) is 0 Å². The molecule has 1 aliphatic rings. The summed E-state index contributed by atoms with van der Waals surface area (Å²) in [5, 5.41) is 10.5. The molecule has 2 aromatic carbocycles. The number of likely N-dealkylation sites (N-methyl/N-ethyl adjacent to an activating group) is 1. The predicted molar refractivity (Wildman–Crippen MR) is 124 cm³/mol. The van der Waals surface area contributed by atoms with Crippen LogP contribution in [0.1, 0.15) is 41.2 Å². The number of benzene rings is 2. The quantitative estimate of drug-likeness (QED) is 0.666. The Hall–Kier alpha value is -2.57. The summed E-state index contributed by atoms with van der Waals surface area (Å²) in [6, 6.07) is 11.9. The van der Waals surface area contributed by atoms with E-state index in [1.54, 1.807) is 0 Å². The molecule has 6 heteroatoms. The van der Waals surface area contributed by atoms with Gasteiger partial charge in [0.05, 0.1) is 6.10 Å². The molecule has 168 valence electrons. The van der Waals surface area contributed by atoms with Crippen molar-refractivity contribution in [1.82, 2.24) is 9.80 Å². The summed E-state index contributed by atoms with van der Waals surface area (Å²) in [6.07, 6.45) is 1.30. The van der Waals surface area contributed by atoms with E-state index in [4.69, 9.17) is 10.5 Å². The van der Waals surface area contributed by atoms with E-state index in [1.165, 1.54) is 0 Å². The number of hydrogen-bond donors (Lipinski definition) is 2. The van der Waals surface area contributed by atoms with E-state index in [0.717, 1.165) is 59.6 Å². The number of nitrogens with zero attached hydrogens (tertiary/aromatic N) is 2. The summed E-state index contributed by atoms with van der Waals surface area (Å²) < 4.78 is 5.86. The Morgan fingerprint density at radius 1 is 1.19 bits per heavy atom. The number of aryl methyl sites for hydroxylation is 1. The van der Waals surface area contributed by atoms with Crippen LogP contribution in [-0.2, 0) is 4.79 Å². The maximum Gasteiger partial charge on any atom is 0.260 e. The monoisotopic (exact) mass is 425 g/mol. The van der Waals surface area contributed by atoms with Gasteiger partial charge in [-0.2, -0.15) is 0 Å². The molecule has 1 unspecified atom stereocenters. The van der Waals surface area contributed by atoms with Crippen LogP contribution in [0.25, 0.3) is 0 Å². The van der Waals surface area contributed by atoms with Crippen molar-refractivity contribution < 1.29 is 14.6 Å². The van der Waals surface area contributed by atoms with Crippen molar-refractivity contribution in [1.29, 1.82) is 0 Å². The Bertz CT molecular complexity index is 893. The van der Waals surface area contributed by atoms with Gasteiger partial charge in [0.2, 0.25) is 0 Å². The molecule has 0 spiro atoms. The molecule has 0 bridgehead atoms. The van der Waals surface area contributed by atoms with Crippen molar-refractivity contribution in [2.45, 2.75) is 45.8 Å². The van der Waals surface area contributed by atoms with Crippen LogP contribution in [0.2, 0.25) is 0 Å². The number of likely N-dealkylation sites (tertiary alicyclic amines) is 1. The van der Waals surface area contributed by atoms with E-state index in [2.05, 4.69) is 4.90 Å². The summed E-state index contributed by atoms with van der Waals surface area (Å²) in [5.74, 6) is 0.699. The molecule has 6 nitrogen and oxygen atoms in total. The normalized spacial score (nSPS) is 16.2. The lowest BCUT2D eigenvalue weighted by atomic mass is 10.0. The van der Waals surface area contributed by atoms with Gasteiger partial charge in [0.25, 0.3) is 5.91 Å². The molecule has 2 aromatic rings. The second kappa shape index (κ2) is 10.2. The van der Waals surface area contributed by atoms with Gasteiger partial charge in [-0.1, -0.05) is 30.3 Å². The molecule has 1 atom stereocenters. The van der Waals surface area contributed by atoms with Gasteiger partial charge in [-0.05, 0) is 61.9 Å². The first-order chi connectivity index (χ1) is 14.8. The fourth-order valence-corrected chi connectivity index (χ4v) is 4.17. The number of carbonyl (C=O) groups is 1. The molecule has 1 heterocycles. The molecule has 0 aromatic heterocycles. The van der Waals surface area contributed by atoms with Crippen LogP contribution in [0.5, 0.6) is 5.75 Å². The van der Waals surface area contributed by atoms with E-state index in [-0.39, 0.29) is 18.6 Å². The lowest BCUT2D eigenvalue weighted by molar-refractivity contribution is -0.135. The molecule has 3 rings (SSSR count). The molecule has 0 radical (unpaired) electrons. The van der Waals surface area contributed by atoms with Gasteiger partial charge in [0.15, 0.2) is 6.61 Å². The average Bonchev–Trinajstić information content (AvgIpc) is 2.79. The highest BCUT2D eigenvalue weighted by Gasteiger charge is 2.27. The standard InChI is InChI=1S/C25H35N3O3/c1-17-14-23(18(2)19(3)25(17)26)31-16-24(30)27(4)21-10-12-28(13-11-21)15-22(29)20-8-6-5-7-9-20/h5-9,14,21-22,29H,10-13,15-16,26H2,1-4H3. The minimum atomic E-state index is -0.486. The van der Waals surface area contributed by atoms with Crippen molar-refractivity contribution in [3.63, 3.8) is 0 Å². The molecule has 0 saturated carbocycles. The number of amides is 1. The SMILES string of the molecule is Cc1cc(OCC(=O)N(C)C2CCN(CC(O)c3ccccc3)CC2)c(C)c(C)c1N. The highest BCUT2D eigenvalue weighted by Crippen LogP contribution is 2.29. The first-order valence-corrected chi connectivity index (χ1v) is 11.0. The van der Waals surface area contributed by atoms with Gasteiger partial charge >= 0.3 is 0 Å². The predicted octanol–water partition coefficient (Wildman–Crippen LogP) is 3.23. The molecule has 31 heavy (non-hydrogen) atoms. The second-order valence-electron chi connectivity index (χ2n) is 8.61. The molecular formula is C25H35N3O3. The van der Waals surface area contributed by atoms with Crippen LogP contribution in [0.15, 0.2) is 36.4 Å². The number of β-amino-alcohol motifs (C(OH)–C–C–N with tert-alkyl or cyclic N) is 1. The van der Waals surface area contributed by atoms with Crippen LogP contribution < -0.4 is 10.5 Å². The molecular weight excluding hydrogens is 390 g/mol. The third-order valence-corrected chi connectivity index (χ3v) is 6.57. The fraction of sp³-hybridized carbons (Fsp3) is 0.480. The zero-order valence-electron chi connectivity index (χ0n) is 19.1. The van der Waals surface area contributed by atoms with Gasteiger partial charge < -0.3 is 25.4 Å². The Morgan fingerprint density at radius 2 is 1.84 bits per heavy atom. The van der Waals surface area contributed by atoms with Gasteiger partial charge in [-0.15, -0.1) is 0 Å². The van der Waals surface area contributed by atoms with Crippen molar-refractivity contribution in [3.8, 4) is 5.75 Å². The molecule has 1 saturated heterocycles. The van der Waals surface area contributed by atoms with Crippen molar-refractivity contribution in [2.24, 2.45) is 0 Å². The van der Waals surface area contributed by atoms with E-state index in [1.807, 2.05) is 69.1 Å². The number of anilines is 1. The molecule has 1 aliphatic heterocycles. The van der Waals surface area contributed by atoms with E-state index in [9.17, 15) is 9.90 Å². The lowest BCUT2D eigenvalue weighted by Gasteiger charge is -2.37. The number of piperidine rings is 1. The summed E-state index contributed by atoms with van der Waals surface area (Å²) in [7, 11) is 1.86. The van der Waals surface area contributed by atoms with Gasteiger partial charge in [-0.3, -0.25) is 4.79 Å². The van der Waals surface area contributed by atoms with Crippen LogP contribution >= 0.6 is 0 Å². The summed E-state index contributed by atoms with van der Waals surface area (Å²) in [5.41, 5.74) is 10.7. The molecule has 1 amide bonds. The minimum absolute atomic E-state index is 0.0192. The molecule has 1 fully saturated rings. The van der Waals surface area contributed by atoms with Crippen LogP contribution in [0, 0.1) is 20.8 Å². The third-order valence-electron chi connectivity index (χ3n) is 6.57. The van der Waals surface area contributed by atoms with Crippen molar-refractivity contribution >= 4 is 11.6 Å². The number of aliphatic hydroxyl groups excluding tert-OH is 1. The second-order valence-corrected chi connectivity index (χ2v) is 8.61. The van der Waals surface area contributed by atoms with Gasteiger partial charge in [0.1, 0.15) is 5.75 Å². The van der Waals surface area contributed by atoms with Gasteiger partial charge in [0, 0.05) is 38.4 Å². The number of rotatable bonds is 7. The molecule has 3 N–H and O–H groups in total. The smallest absolute Gasteiger partial charge is 0.260 e. The van der Waals surface area contributed by atoms with E-state index in [0.29, 0.717) is 6.54 Å². The Balaban J connectivity index is 1.48. The zero-order valence-corrected chi connectivity index (χ0v) is 19.1. The number of hydrogen-bond acceptors (Lipinski definition) is 5. The van der Waals surface area contributed by atoms with Crippen molar-refractivity contribution in [3.05, 3.63) is 58.7 Å². The first kappa shape index (κ1) is 23.1. The zero-order chi connectivity index (χ0) is 22.5. The average molecular weight is 426 g/mol. The van der Waals surface area contributed by atoms with Crippen molar-refractivity contribution in [2.75, 3.05) is 39.0 Å². The van der Waals surface area contributed by atoms with Crippen LogP contribution in [0.4, 0.5) is 5.69 Å². The maximum absolute atomic E-state index is 12.7. The van der Waals surface area contributed by atoms with E-state index >= 15 is 0 Å². The molecule has 0 aliphatic carbocycles. The maximum atomic E-state index is 12.7. The summed E-state index contributed by atoms with van der Waals surface area (Å²) >= 11 is 0. The fourth-order valence-electron chi connectivity index (χ4n) is 4.17. The Morgan fingerprint density at radius 3 is 2.48 bits per heavy atom. The van der Waals surface area contributed by atoms with Crippen LogP contribution in [-0.4, -0.2) is 60.1 Å². The largest absolute Gasteiger partial charge is 0.483 e. The minimum Gasteiger partial charge on any atom is -0.483 e.